The smallest absolute Gasteiger partial charge is 0.269 e. The van der Waals surface area contributed by atoms with Crippen molar-refractivity contribution in [3.8, 4) is 11.5 Å². The summed E-state index contributed by atoms with van der Waals surface area (Å²) in [4.78, 5) is 24.2. The van der Waals surface area contributed by atoms with Crippen LogP contribution in [0.5, 0.6) is 11.5 Å². The molecule has 0 radical (unpaired) electrons. The summed E-state index contributed by atoms with van der Waals surface area (Å²) >= 11 is 0. The van der Waals surface area contributed by atoms with E-state index in [1.807, 2.05) is 0 Å². The monoisotopic (exact) mass is 407 g/mol. The number of pyridine rings is 1. The molecule has 0 atom stereocenters. The molecule has 0 aliphatic carbocycles. The minimum absolute atomic E-state index is 0.242. The molecule has 0 saturated heterocycles. The molecule has 0 spiro atoms. The third kappa shape index (κ3) is 4.14. The first-order chi connectivity index (χ1) is 14.5. The van der Waals surface area contributed by atoms with Crippen molar-refractivity contribution >= 4 is 28.4 Å². The van der Waals surface area contributed by atoms with E-state index >= 15 is 0 Å². The van der Waals surface area contributed by atoms with Crippen molar-refractivity contribution in [1.82, 2.24) is 20.3 Å². The van der Waals surface area contributed by atoms with Crippen LogP contribution in [0.15, 0.2) is 60.9 Å². The van der Waals surface area contributed by atoms with E-state index < -0.39 is 11.6 Å². The first-order valence-corrected chi connectivity index (χ1v) is 8.87. The van der Waals surface area contributed by atoms with Crippen molar-refractivity contribution in [3.63, 3.8) is 0 Å². The van der Waals surface area contributed by atoms with Crippen molar-refractivity contribution in [2.24, 2.45) is 0 Å². The Balaban J connectivity index is 1.54. The van der Waals surface area contributed by atoms with Gasteiger partial charge in [-0.2, -0.15) is 0 Å². The molecule has 2 heterocycles. The lowest BCUT2D eigenvalue weighted by Crippen LogP contribution is -2.18. The number of hydrogen-bond donors (Lipinski definition) is 2. The molecule has 1 amide bonds. The van der Waals surface area contributed by atoms with Gasteiger partial charge >= 0.3 is 0 Å². The second-order valence-corrected chi connectivity index (χ2v) is 6.23. The molecule has 0 fully saturated rings. The van der Waals surface area contributed by atoms with Crippen LogP contribution in [0.4, 0.5) is 20.4 Å². The third-order valence-corrected chi connectivity index (χ3v) is 4.15. The lowest BCUT2D eigenvalue weighted by Gasteiger charge is -2.09. The summed E-state index contributed by atoms with van der Waals surface area (Å²) in [6, 6.07) is 11.8. The summed E-state index contributed by atoms with van der Waals surface area (Å²) in [7, 11) is 1.52. The molecule has 2 aromatic heterocycles. The zero-order chi connectivity index (χ0) is 21.1. The van der Waals surface area contributed by atoms with Crippen molar-refractivity contribution in [3.05, 3.63) is 78.3 Å². The highest BCUT2D eigenvalue weighted by molar-refractivity contribution is 5.92. The topological polar surface area (TPSA) is 89.0 Å². The van der Waals surface area contributed by atoms with Gasteiger partial charge in [0.25, 0.3) is 5.91 Å². The maximum atomic E-state index is 13.4. The van der Waals surface area contributed by atoms with E-state index in [2.05, 4.69) is 25.6 Å². The number of carbonyl (C=O) groups excluding carboxylic acids is 1. The summed E-state index contributed by atoms with van der Waals surface area (Å²) in [5.74, 6) is -0.968. The van der Waals surface area contributed by atoms with Crippen molar-refractivity contribution in [1.29, 1.82) is 0 Å². The summed E-state index contributed by atoms with van der Waals surface area (Å²) in [5, 5.41) is 6.05. The summed E-state index contributed by atoms with van der Waals surface area (Å²) < 4.78 is 32.2. The molecule has 9 heteroatoms. The van der Waals surface area contributed by atoms with Crippen LogP contribution < -0.4 is 15.4 Å². The summed E-state index contributed by atoms with van der Waals surface area (Å²) in [6.07, 6.45) is 3.07. The van der Waals surface area contributed by atoms with Gasteiger partial charge < -0.3 is 15.4 Å². The first kappa shape index (κ1) is 19.2. The molecule has 0 bridgehead atoms. The Bertz CT molecular complexity index is 1250. The van der Waals surface area contributed by atoms with Crippen LogP contribution in [0.25, 0.3) is 10.9 Å². The Hall–Kier alpha value is -4.14. The van der Waals surface area contributed by atoms with E-state index in [9.17, 15) is 13.6 Å². The normalized spacial score (nSPS) is 10.6. The van der Waals surface area contributed by atoms with E-state index in [0.717, 1.165) is 12.1 Å². The van der Waals surface area contributed by atoms with Gasteiger partial charge in [-0.25, -0.2) is 18.7 Å². The average molecular weight is 407 g/mol. The van der Waals surface area contributed by atoms with Gasteiger partial charge in [0.05, 0.1) is 5.52 Å². The predicted molar refractivity (Wildman–Crippen MR) is 107 cm³/mol. The van der Waals surface area contributed by atoms with E-state index in [4.69, 9.17) is 4.74 Å². The Kier molecular flexibility index (Phi) is 5.17. The van der Waals surface area contributed by atoms with Gasteiger partial charge in [0.15, 0.2) is 11.6 Å². The maximum Gasteiger partial charge on any atom is 0.269 e. The standard InChI is InChI=1S/C21H15F2N5O2/c1-24-20(29)19-10-15(6-7-25-19)30-14-3-5-18-12(8-14)11-26-21(28-18)27-13-2-4-16(22)17(23)9-13/h2-11H,1H3,(H,24,29)(H,26,27,28). The summed E-state index contributed by atoms with van der Waals surface area (Å²) in [5.41, 5.74) is 1.20. The van der Waals surface area contributed by atoms with E-state index in [1.54, 1.807) is 30.5 Å². The number of ether oxygens (including phenoxy) is 1. The van der Waals surface area contributed by atoms with Gasteiger partial charge in [0.1, 0.15) is 17.2 Å². The number of nitrogens with one attached hydrogen (secondary N) is 2. The fourth-order valence-electron chi connectivity index (χ4n) is 2.70. The second kappa shape index (κ2) is 8.08. The van der Waals surface area contributed by atoms with E-state index in [1.165, 1.54) is 25.4 Å². The van der Waals surface area contributed by atoms with Crippen LogP contribution in [0.1, 0.15) is 10.5 Å². The Morgan fingerprint density at radius 3 is 2.60 bits per heavy atom. The van der Waals surface area contributed by atoms with Crippen LogP contribution in [-0.4, -0.2) is 27.9 Å². The number of benzene rings is 2. The molecule has 0 aliphatic heterocycles. The molecule has 0 saturated carbocycles. The number of anilines is 2. The molecule has 7 nitrogen and oxygen atoms in total. The lowest BCUT2D eigenvalue weighted by molar-refractivity contribution is 0.0958. The minimum Gasteiger partial charge on any atom is -0.457 e. The highest BCUT2D eigenvalue weighted by Crippen LogP contribution is 2.26. The quantitative estimate of drug-likeness (QED) is 0.516. The number of carbonyl (C=O) groups is 1. The fraction of sp³-hybridized carbons (Fsp3) is 0.0476. The van der Waals surface area contributed by atoms with Crippen molar-refractivity contribution in [2.75, 3.05) is 12.4 Å². The minimum atomic E-state index is -0.960. The zero-order valence-electron chi connectivity index (χ0n) is 15.7. The molecule has 0 aliphatic rings. The zero-order valence-corrected chi connectivity index (χ0v) is 15.7. The second-order valence-electron chi connectivity index (χ2n) is 6.23. The van der Waals surface area contributed by atoms with Crippen LogP contribution in [0, 0.1) is 11.6 Å². The number of fused-ring (bicyclic) bond motifs is 1. The molecule has 2 aromatic carbocycles. The van der Waals surface area contributed by atoms with Crippen LogP contribution in [-0.2, 0) is 0 Å². The van der Waals surface area contributed by atoms with Crippen LogP contribution in [0.2, 0.25) is 0 Å². The average Bonchev–Trinajstić information content (AvgIpc) is 2.76. The van der Waals surface area contributed by atoms with Gasteiger partial charge in [-0.3, -0.25) is 9.78 Å². The van der Waals surface area contributed by atoms with Crippen LogP contribution >= 0.6 is 0 Å². The SMILES string of the molecule is CNC(=O)c1cc(Oc2ccc3nc(Nc4ccc(F)c(F)c4)ncc3c2)ccn1. The Morgan fingerprint density at radius 1 is 0.967 bits per heavy atom. The third-order valence-electron chi connectivity index (χ3n) is 4.15. The van der Waals surface area contributed by atoms with Gasteiger partial charge in [-0.05, 0) is 36.4 Å². The first-order valence-electron chi connectivity index (χ1n) is 8.87. The van der Waals surface area contributed by atoms with Gasteiger partial charge in [0.2, 0.25) is 5.95 Å². The summed E-state index contributed by atoms with van der Waals surface area (Å²) in [6.45, 7) is 0. The molecule has 0 unspecified atom stereocenters. The fourth-order valence-corrected chi connectivity index (χ4v) is 2.70. The van der Waals surface area contributed by atoms with Gasteiger partial charge in [0, 0.05) is 42.6 Å². The lowest BCUT2D eigenvalue weighted by atomic mass is 10.2. The van der Waals surface area contributed by atoms with E-state index in [-0.39, 0.29) is 17.5 Å². The highest BCUT2D eigenvalue weighted by atomic mass is 19.2. The van der Waals surface area contributed by atoms with E-state index in [0.29, 0.717) is 28.1 Å². The number of amides is 1. The maximum absolute atomic E-state index is 13.4. The number of aromatic nitrogens is 3. The number of hydrogen-bond acceptors (Lipinski definition) is 6. The van der Waals surface area contributed by atoms with Crippen molar-refractivity contribution < 1.29 is 18.3 Å². The molecular formula is C21H15F2N5O2. The number of rotatable bonds is 5. The molecule has 150 valence electrons. The molecule has 30 heavy (non-hydrogen) atoms. The molecule has 4 rings (SSSR count). The Morgan fingerprint density at radius 2 is 1.80 bits per heavy atom. The predicted octanol–water partition coefficient (Wildman–Crippen LogP) is 4.20. The number of halogens is 2. The highest BCUT2D eigenvalue weighted by Gasteiger charge is 2.09. The number of nitrogens with zero attached hydrogens (tertiary/aromatic N) is 3. The van der Waals surface area contributed by atoms with Crippen molar-refractivity contribution in [2.45, 2.75) is 0 Å². The largest absolute Gasteiger partial charge is 0.457 e. The van der Waals surface area contributed by atoms with Crippen LogP contribution in [0.3, 0.4) is 0 Å². The van der Waals surface area contributed by atoms with Gasteiger partial charge in [-0.15, -0.1) is 0 Å². The Labute approximate surface area is 169 Å². The molecule has 4 aromatic rings. The van der Waals surface area contributed by atoms with Gasteiger partial charge in [-0.1, -0.05) is 0 Å². The molecular weight excluding hydrogens is 392 g/mol. The molecule has 2 N–H and O–H groups in total.